The zero-order chi connectivity index (χ0) is 12.5. The third-order valence-electron chi connectivity index (χ3n) is 3.42. The molecule has 0 heterocycles. The van der Waals surface area contributed by atoms with Crippen molar-refractivity contribution in [2.45, 2.75) is 57.2 Å². The van der Waals surface area contributed by atoms with E-state index in [1.165, 1.54) is 5.56 Å². The minimum atomic E-state index is -1.13. The monoisotopic (exact) mass is 235 g/mol. The highest BCUT2D eigenvalue weighted by atomic mass is 19.1. The summed E-state index contributed by atoms with van der Waals surface area (Å²) in [5.41, 5.74) is 7.41. The molecule has 17 heavy (non-hydrogen) atoms. The Morgan fingerprint density at radius 2 is 1.94 bits per heavy atom. The number of hydrogen-bond acceptors (Lipinski definition) is 1. The van der Waals surface area contributed by atoms with Crippen molar-refractivity contribution in [1.29, 1.82) is 0 Å². The molecule has 0 atom stereocenters. The van der Waals surface area contributed by atoms with Gasteiger partial charge in [-0.05, 0) is 50.7 Å². The maximum absolute atomic E-state index is 13.6. The van der Waals surface area contributed by atoms with Gasteiger partial charge in [-0.15, -0.1) is 0 Å². The number of rotatable bonds is 5. The third-order valence-corrected chi connectivity index (χ3v) is 3.42. The predicted molar refractivity (Wildman–Crippen MR) is 69.8 cm³/mol. The van der Waals surface area contributed by atoms with Gasteiger partial charge in [0, 0.05) is 12.0 Å². The van der Waals surface area contributed by atoms with Gasteiger partial charge in [0.05, 0.1) is 0 Å². The van der Waals surface area contributed by atoms with Gasteiger partial charge in [-0.2, -0.15) is 0 Å². The van der Waals surface area contributed by atoms with Crippen molar-refractivity contribution >= 4 is 0 Å². The van der Waals surface area contributed by atoms with Gasteiger partial charge in [-0.1, -0.05) is 24.3 Å². The van der Waals surface area contributed by atoms with Crippen LogP contribution in [-0.2, 0) is 12.8 Å². The van der Waals surface area contributed by atoms with Gasteiger partial charge in [0.1, 0.15) is 5.67 Å². The lowest BCUT2D eigenvalue weighted by molar-refractivity contribution is 0.217. The second-order valence-corrected chi connectivity index (χ2v) is 6.08. The Kier molecular flexibility index (Phi) is 3.26. The average molecular weight is 235 g/mol. The van der Waals surface area contributed by atoms with Crippen molar-refractivity contribution in [3.05, 3.63) is 35.4 Å². The van der Waals surface area contributed by atoms with Crippen LogP contribution in [0.2, 0.25) is 0 Å². The standard InChI is InChI=1S/C15H22FN/c1-14(2,16)11-13-5-3-4-12(10-13)6-7-15(17)8-9-15/h3-5,10H,6-9,11,17H2,1-2H3. The molecule has 0 aliphatic heterocycles. The molecule has 1 aliphatic carbocycles. The molecule has 0 bridgehead atoms. The summed E-state index contributed by atoms with van der Waals surface area (Å²) in [6.07, 6.45) is 4.86. The molecular weight excluding hydrogens is 213 g/mol. The fraction of sp³-hybridized carbons (Fsp3) is 0.600. The Hall–Kier alpha value is -0.890. The van der Waals surface area contributed by atoms with E-state index in [0.29, 0.717) is 6.42 Å². The summed E-state index contributed by atoms with van der Waals surface area (Å²) in [5.74, 6) is 0. The zero-order valence-electron chi connectivity index (χ0n) is 10.8. The lowest BCUT2D eigenvalue weighted by atomic mass is 9.96. The topological polar surface area (TPSA) is 26.0 Å². The van der Waals surface area contributed by atoms with E-state index in [-0.39, 0.29) is 5.54 Å². The van der Waals surface area contributed by atoms with Crippen molar-refractivity contribution in [3.8, 4) is 0 Å². The minimum Gasteiger partial charge on any atom is -0.325 e. The molecule has 0 saturated heterocycles. The molecule has 1 nitrogen and oxygen atoms in total. The second kappa shape index (κ2) is 4.41. The normalized spacial score (nSPS) is 18.1. The summed E-state index contributed by atoms with van der Waals surface area (Å²) < 4.78 is 13.6. The van der Waals surface area contributed by atoms with Crippen LogP contribution in [0.1, 0.15) is 44.2 Å². The van der Waals surface area contributed by atoms with Gasteiger partial charge in [0.15, 0.2) is 0 Å². The molecule has 1 aromatic carbocycles. The van der Waals surface area contributed by atoms with Crippen LogP contribution in [0.25, 0.3) is 0 Å². The molecule has 1 aromatic rings. The SMILES string of the molecule is CC(C)(F)Cc1cccc(CCC2(N)CC2)c1. The van der Waals surface area contributed by atoms with Crippen LogP contribution >= 0.6 is 0 Å². The number of alkyl halides is 1. The highest BCUT2D eigenvalue weighted by molar-refractivity contribution is 5.25. The smallest absolute Gasteiger partial charge is 0.109 e. The van der Waals surface area contributed by atoms with E-state index < -0.39 is 5.67 Å². The van der Waals surface area contributed by atoms with Crippen LogP contribution in [0.3, 0.4) is 0 Å². The highest BCUT2D eigenvalue weighted by Gasteiger charge is 2.37. The van der Waals surface area contributed by atoms with E-state index in [4.69, 9.17) is 5.73 Å². The fourth-order valence-electron chi connectivity index (χ4n) is 2.18. The van der Waals surface area contributed by atoms with Crippen molar-refractivity contribution in [2.24, 2.45) is 5.73 Å². The van der Waals surface area contributed by atoms with E-state index in [1.54, 1.807) is 13.8 Å². The van der Waals surface area contributed by atoms with Crippen LogP contribution in [0.4, 0.5) is 4.39 Å². The summed E-state index contributed by atoms with van der Waals surface area (Å²) in [7, 11) is 0. The van der Waals surface area contributed by atoms with Gasteiger partial charge < -0.3 is 5.73 Å². The summed E-state index contributed by atoms with van der Waals surface area (Å²) in [4.78, 5) is 0. The van der Waals surface area contributed by atoms with E-state index in [1.807, 2.05) is 12.1 Å². The van der Waals surface area contributed by atoms with Gasteiger partial charge in [-0.25, -0.2) is 4.39 Å². The number of nitrogens with two attached hydrogens (primary N) is 1. The van der Waals surface area contributed by atoms with Crippen LogP contribution in [-0.4, -0.2) is 11.2 Å². The summed E-state index contributed by atoms with van der Waals surface area (Å²) in [6.45, 7) is 3.25. The molecule has 1 aliphatic rings. The molecule has 0 unspecified atom stereocenters. The van der Waals surface area contributed by atoms with Crippen LogP contribution in [0.5, 0.6) is 0 Å². The molecule has 0 spiro atoms. The summed E-state index contributed by atoms with van der Waals surface area (Å²) in [6, 6.07) is 8.25. The lowest BCUT2D eigenvalue weighted by Gasteiger charge is -2.15. The first kappa shape index (κ1) is 12.6. The number of halogens is 1. The van der Waals surface area contributed by atoms with Crippen molar-refractivity contribution < 1.29 is 4.39 Å². The predicted octanol–water partition coefficient (Wildman–Crippen LogP) is 3.40. The molecule has 0 aromatic heterocycles. The van der Waals surface area contributed by atoms with Crippen molar-refractivity contribution in [2.75, 3.05) is 0 Å². The van der Waals surface area contributed by atoms with Crippen LogP contribution < -0.4 is 5.73 Å². The van der Waals surface area contributed by atoms with Crippen LogP contribution in [0.15, 0.2) is 24.3 Å². The van der Waals surface area contributed by atoms with E-state index in [9.17, 15) is 4.39 Å². The van der Waals surface area contributed by atoms with Crippen molar-refractivity contribution in [1.82, 2.24) is 0 Å². The molecule has 2 heteroatoms. The molecule has 0 radical (unpaired) electrons. The number of aryl methyl sites for hydroxylation is 1. The van der Waals surface area contributed by atoms with E-state index in [2.05, 4.69) is 12.1 Å². The quantitative estimate of drug-likeness (QED) is 0.831. The lowest BCUT2D eigenvalue weighted by Crippen LogP contribution is -2.22. The van der Waals surface area contributed by atoms with Crippen molar-refractivity contribution in [3.63, 3.8) is 0 Å². The summed E-state index contributed by atoms with van der Waals surface area (Å²) >= 11 is 0. The number of hydrogen-bond donors (Lipinski definition) is 1. The van der Waals surface area contributed by atoms with Gasteiger partial charge in [0.2, 0.25) is 0 Å². The Morgan fingerprint density at radius 1 is 1.29 bits per heavy atom. The molecule has 2 N–H and O–H groups in total. The molecule has 2 rings (SSSR count). The average Bonchev–Trinajstić information content (AvgIpc) is 2.93. The second-order valence-electron chi connectivity index (χ2n) is 6.08. The minimum absolute atomic E-state index is 0.107. The van der Waals surface area contributed by atoms with E-state index >= 15 is 0 Å². The van der Waals surface area contributed by atoms with Gasteiger partial charge in [-0.3, -0.25) is 0 Å². The first-order valence-corrected chi connectivity index (χ1v) is 6.42. The highest BCUT2D eigenvalue weighted by Crippen LogP contribution is 2.36. The molecular formula is C15H22FN. The summed E-state index contributed by atoms with van der Waals surface area (Å²) in [5, 5.41) is 0. The van der Waals surface area contributed by atoms with Gasteiger partial charge in [0.25, 0.3) is 0 Å². The molecule has 94 valence electrons. The molecule has 0 amide bonds. The molecule has 1 fully saturated rings. The van der Waals surface area contributed by atoms with Crippen LogP contribution in [0, 0.1) is 0 Å². The number of benzene rings is 1. The maximum atomic E-state index is 13.6. The largest absolute Gasteiger partial charge is 0.325 e. The zero-order valence-corrected chi connectivity index (χ0v) is 10.8. The first-order chi connectivity index (χ1) is 7.86. The Bertz CT molecular complexity index is 388. The Labute approximate surface area is 103 Å². The maximum Gasteiger partial charge on any atom is 0.109 e. The third kappa shape index (κ3) is 4.12. The molecule has 1 saturated carbocycles. The van der Waals surface area contributed by atoms with E-state index in [0.717, 1.165) is 31.2 Å². The Morgan fingerprint density at radius 3 is 2.53 bits per heavy atom. The first-order valence-electron chi connectivity index (χ1n) is 6.42. The Balaban J connectivity index is 1.96. The van der Waals surface area contributed by atoms with Gasteiger partial charge >= 0.3 is 0 Å². The fourth-order valence-corrected chi connectivity index (χ4v) is 2.18.